The number of aromatic nitrogens is 3. The summed E-state index contributed by atoms with van der Waals surface area (Å²) < 4.78 is 29.4. The van der Waals surface area contributed by atoms with Crippen LogP contribution in [0.2, 0.25) is 0 Å². The Morgan fingerprint density at radius 3 is 2.85 bits per heavy atom. The normalized spacial score (nSPS) is 17.8. The maximum absolute atomic E-state index is 13.9. The summed E-state index contributed by atoms with van der Waals surface area (Å²) in [6.07, 6.45) is 3.78. The van der Waals surface area contributed by atoms with Gasteiger partial charge in [0.15, 0.2) is 5.69 Å². The molecule has 146 valence electrons. The lowest BCUT2D eigenvalue weighted by molar-refractivity contribution is 0.0946. The second-order valence-electron chi connectivity index (χ2n) is 6.65. The van der Waals surface area contributed by atoms with E-state index in [4.69, 9.17) is 5.11 Å². The third-order valence-electron chi connectivity index (χ3n) is 4.66. The van der Waals surface area contributed by atoms with E-state index in [0.717, 1.165) is 19.4 Å². The molecular weight excluding hydrogens is 356 g/mol. The van der Waals surface area contributed by atoms with Crippen LogP contribution in [-0.4, -0.2) is 57.1 Å². The summed E-state index contributed by atoms with van der Waals surface area (Å²) in [4.78, 5) is 14.0. The van der Waals surface area contributed by atoms with E-state index in [-0.39, 0.29) is 36.4 Å². The molecule has 1 fully saturated rings. The molecule has 2 N–H and O–H groups in total. The number of likely N-dealkylation sites (tertiary alicyclic amines) is 1. The van der Waals surface area contributed by atoms with E-state index in [2.05, 4.69) is 15.6 Å². The van der Waals surface area contributed by atoms with Crippen LogP contribution in [0.25, 0.3) is 0 Å². The fraction of sp³-hybridized carbons (Fsp3) is 0.500. The maximum atomic E-state index is 13.9. The Balaban J connectivity index is 1.62. The minimum absolute atomic E-state index is 0.00742. The van der Waals surface area contributed by atoms with Crippen molar-refractivity contribution in [1.29, 1.82) is 0 Å². The quantitative estimate of drug-likeness (QED) is 0.713. The van der Waals surface area contributed by atoms with Gasteiger partial charge < -0.3 is 10.4 Å². The highest BCUT2D eigenvalue weighted by molar-refractivity contribution is 5.91. The molecule has 1 saturated heterocycles. The van der Waals surface area contributed by atoms with Gasteiger partial charge in [0.25, 0.3) is 5.91 Å². The summed E-state index contributed by atoms with van der Waals surface area (Å²) in [5, 5.41) is 19.4. The molecule has 1 atom stereocenters. The topological polar surface area (TPSA) is 83.3 Å². The summed E-state index contributed by atoms with van der Waals surface area (Å²) in [6, 6.07) is 3.87. The van der Waals surface area contributed by atoms with Crippen LogP contribution in [0.5, 0.6) is 0 Å². The molecule has 1 aromatic heterocycles. The van der Waals surface area contributed by atoms with Crippen LogP contribution in [-0.2, 0) is 6.54 Å². The second kappa shape index (κ2) is 9.01. The van der Waals surface area contributed by atoms with E-state index >= 15 is 0 Å². The van der Waals surface area contributed by atoms with E-state index in [9.17, 15) is 13.6 Å². The lowest BCUT2D eigenvalue weighted by Gasteiger charge is -2.32. The van der Waals surface area contributed by atoms with Crippen LogP contribution in [0.1, 0.15) is 41.4 Å². The molecule has 0 bridgehead atoms. The van der Waals surface area contributed by atoms with Crippen LogP contribution < -0.4 is 5.32 Å². The predicted molar refractivity (Wildman–Crippen MR) is 94.0 cm³/mol. The minimum atomic E-state index is -0.542. The van der Waals surface area contributed by atoms with Crippen molar-refractivity contribution in [1.82, 2.24) is 25.2 Å². The smallest absolute Gasteiger partial charge is 0.273 e. The van der Waals surface area contributed by atoms with Gasteiger partial charge in [-0.1, -0.05) is 11.3 Å². The molecule has 0 aliphatic carbocycles. The van der Waals surface area contributed by atoms with Gasteiger partial charge in [0, 0.05) is 31.8 Å². The molecule has 0 saturated carbocycles. The van der Waals surface area contributed by atoms with Gasteiger partial charge in [0.05, 0.1) is 12.2 Å². The Bertz CT molecular complexity index is 763. The van der Waals surface area contributed by atoms with Gasteiger partial charge in [-0.15, -0.1) is 5.10 Å². The number of aliphatic hydroxyl groups is 1. The molecule has 3 rings (SSSR count). The highest BCUT2D eigenvalue weighted by Crippen LogP contribution is 2.24. The van der Waals surface area contributed by atoms with Crippen molar-refractivity contribution in [3.63, 3.8) is 0 Å². The van der Waals surface area contributed by atoms with E-state index in [1.807, 2.05) is 4.90 Å². The molecule has 2 aromatic rings. The van der Waals surface area contributed by atoms with Crippen molar-refractivity contribution >= 4 is 5.91 Å². The maximum Gasteiger partial charge on any atom is 0.273 e. The Labute approximate surface area is 156 Å². The average Bonchev–Trinajstić information content (AvgIpc) is 3.16. The summed E-state index contributed by atoms with van der Waals surface area (Å²) in [5.41, 5.74) is 0.283. The highest BCUT2D eigenvalue weighted by atomic mass is 19.1. The molecule has 7 nitrogen and oxygen atoms in total. The van der Waals surface area contributed by atoms with Gasteiger partial charge in [-0.25, -0.2) is 13.5 Å². The number of carbonyl (C=O) groups is 1. The minimum Gasteiger partial charge on any atom is -0.396 e. The van der Waals surface area contributed by atoms with Gasteiger partial charge in [0.2, 0.25) is 0 Å². The van der Waals surface area contributed by atoms with E-state index in [1.165, 1.54) is 18.2 Å². The Kier molecular flexibility index (Phi) is 6.46. The Hall–Kier alpha value is -2.39. The average molecular weight is 379 g/mol. The number of aliphatic hydroxyl groups excluding tert-OH is 1. The standard InChI is InChI=1S/C18H23F2N5O2/c19-15-5-1-6-16(20)14(15)11-24-8-2-4-13(10-24)25-12-17(22-23-25)18(27)21-7-3-9-26/h1,5-6,12-13,26H,2-4,7-11H2,(H,21,27)/t13-/m0/s1. The highest BCUT2D eigenvalue weighted by Gasteiger charge is 2.25. The number of nitrogens with zero attached hydrogens (tertiary/aromatic N) is 4. The third kappa shape index (κ3) is 4.86. The van der Waals surface area contributed by atoms with E-state index in [1.54, 1.807) is 10.9 Å². The van der Waals surface area contributed by atoms with Gasteiger partial charge in [0.1, 0.15) is 11.6 Å². The van der Waals surface area contributed by atoms with Crippen molar-refractivity contribution in [2.24, 2.45) is 0 Å². The third-order valence-corrected chi connectivity index (χ3v) is 4.66. The van der Waals surface area contributed by atoms with Crippen molar-refractivity contribution < 1.29 is 18.7 Å². The monoisotopic (exact) mass is 379 g/mol. The van der Waals surface area contributed by atoms with E-state index in [0.29, 0.717) is 19.5 Å². The lowest BCUT2D eigenvalue weighted by atomic mass is 10.0. The molecule has 1 aliphatic rings. The molecule has 1 amide bonds. The van der Waals surface area contributed by atoms with Crippen molar-refractivity contribution in [2.45, 2.75) is 31.8 Å². The Morgan fingerprint density at radius 2 is 2.11 bits per heavy atom. The fourth-order valence-corrected chi connectivity index (χ4v) is 3.23. The zero-order chi connectivity index (χ0) is 19.2. The molecule has 27 heavy (non-hydrogen) atoms. The van der Waals surface area contributed by atoms with Crippen molar-refractivity contribution in [3.8, 4) is 0 Å². The summed E-state index contributed by atoms with van der Waals surface area (Å²) >= 11 is 0. The van der Waals surface area contributed by atoms with Gasteiger partial charge in [-0.3, -0.25) is 9.69 Å². The molecule has 0 unspecified atom stereocenters. The second-order valence-corrected chi connectivity index (χ2v) is 6.65. The number of hydrogen-bond acceptors (Lipinski definition) is 5. The van der Waals surface area contributed by atoms with Crippen LogP contribution in [0.3, 0.4) is 0 Å². The van der Waals surface area contributed by atoms with Crippen LogP contribution >= 0.6 is 0 Å². The first-order valence-corrected chi connectivity index (χ1v) is 9.04. The molecule has 1 aliphatic heterocycles. The first-order valence-electron chi connectivity index (χ1n) is 9.04. The number of carbonyl (C=O) groups excluding carboxylic acids is 1. The lowest BCUT2D eigenvalue weighted by Crippen LogP contribution is -2.36. The number of benzene rings is 1. The largest absolute Gasteiger partial charge is 0.396 e. The van der Waals surface area contributed by atoms with Gasteiger partial charge >= 0.3 is 0 Å². The number of halogens is 2. The van der Waals surface area contributed by atoms with Crippen LogP contribution in [0, 0.1) is 11.6 Å². The molecule has 9 heteroatoms. The first kappa shape index (κ1) is 19.4. The summed E-state index contributed by atoms with van der Waals surface area (Å²) in [5.74, 6) is -1.42. The van der Waals surface area contributed by atoms with Gasteiger partial charge in [-0.2, -0.15) is 0 Å². The van der Waals surface area contributed by atoms with Crippen molar-refractivity contribution in [2.75, 3.05) is 26.2 Å². The number of hydrogen-bond donors (Lipinski definition) is 2. The fourth-order valence-electron chi connectivity index (χ4n) is 3.23. The van der Waals surface area contributed by atoms with Crippen molar-refractivity contribution in [3.05, 3.63) is 47.3 Å². The van der Waals surface area contributed by atoms with E-state index < -0.39 is 11.6 Å². The molecule has 0 radical (unpaired) electrons. The number of piperidine rings is 1. The predicted octanol–water partition coefficient (Wildman–Crippen LogP) is 1.51. The number of amides is 1. The molecular formula is C18H23F2N5O2. The summed E-state index contributed by atoms with van der Waals surface area (Å²) in [7, 11) is 0. The summed E-state index contributed by atoms with van der Waals surface area (Å²) in [6.45, 7) is 1.88. The molecule has 2 heterocycles. The van der Waals surface area contributed by atoms with Gasteiger partial charge in [-0.05, 0) is 37.9 Å². The van der Waals surface area contributed by atoms with Crippen LogP contribution in [0.4, 0.5) is 8.78 Å². The molecule has 1 aromatic carbocycles. The number of rotatable bonds is 7. The SMILES string of the molecule is O=C(NCCCO)c1cn([C@H]2CCCN(Cc3c(F)cccc3F)C2)nn1. The zero-order valence-electron chi connectivity index (χ0n) is 14.9. The zero-order valence-corrected chi connectivity index (χ0v) is 14.9. The Morgan fingerprint density at radius 1 is 1.33 bits per heavy atom. The number of nitrogens with one attached hydrogen (secondary N) is 1. The van der Waals surface area contributed by atoms with Crippen LogP contribution in [0.15, 0.2) is 24.4 Å². The first-order chi connectivity index (χ1) is 13.1. The molecule has 0 spiro atoms.